The molecule has 0 atom stereocenters. The standard InChI is InChI=1S/C25H28N2O3/c1-16-8-9-19(17(2)12-16)14-27(3)24(28)15-30-25(29)18-10-11-23-21(13-18)20-6-4-5-7-22(20)26-23/h8-13,26H,4-7,14-15H2,1-3H3. The van der Waals surface area contributed by atoms with Crippen molar-refractivity contribution in [2.24, 2.45) is 0 Å². The molecule has 0 saturated carbocycles. The number of aryl methyl sites for hydroxylation is 4. The van der Waals surface area contributed by atoms with Crippen molar-refractivity contribution in [2.75, 3.05) is 13.7 Å². The van der Waals surface area contributed by atoms with Gasteiger partial charge in [-0.15, -0.1) is 0 Å². The minimum atomic E-state index is -0.462. The SMILES string of the molecule is Cc1ccc(CN(C)C(=O)COC(=O)c2ccc3[nH]c4c(c3c2)CCCC4)c(C)c1. The van der Waals surface area contributed by atoms with Gasteiger partial charge in [0.2, 0.25) is 0 Å². The van der Waals surface area contributed by atoms with Gasteiger partial charge in [0, 0.05) is 30.2 Å². The fourth-order valence-electron chi connectivity index (χ4n) is 4.22. The molecule has 0 spiro atoms. The summed E-state index contributed by atoms with van der Waals surface area (Å²) in [5.74, 6) is -0.681. The lowest BCUT2D eigenvalue weighted by Gasteiger charge is -2.18. The molecule has 3 aromatic rings. The summed E-state index contributed by atoms with van der Waals surface area (Å²) >= 11 is 0. The van der Waals surface area contributed by atoms with E-state index in [-0.39, 0.29) is 12.5 Å². The van der Waals surface area contributed by atoms with Crippen LogP contribution in [-0.2, 0) is 28.9 Å². The topological polar surface area (TPSA) is 62.4 Å². The Morgan fingerprint density at radius 2 is 1.87 bits per heavy atom. The van der Waals surface area contributed by atoms with Crippen molar-refractivity contribution < 1.29 is 14.3 Å². The second kappa shape index (κ2) is 8.34. The van der Waals surface area contributed by atoms with Crippen LogP contribution in [0.3, 0.4) is 0 Å². The number of H-pyrrole nitrogens is 1. The number of hydrogen-bond donors (Lipinski definition) is 1. The highest BCUT2D eigenvalue weighted by atomic mass is 16.5. The van der Waals surface area contributed by atoms with E-state index in [1.54, 1.807) is 18.0 Å². The number of amides is 1. The van der Waals surface area contributed by atoms with E-state index in [1.165, 1.54) is 29.7 Å². The Kier molecular flexibility index (Phi) is 5.62. The molecule has 1 aliphatic rings. The molecule has 0 aliphatic heterocycles. The van der Waals surface area contributed by atoms with E-state index in [0.29, 0.717) is 12.1 Å². The van der Waals surface area contributed by atoms with Crippen LogP contribution in [0.25, 0.3) is 10.9 Å². The predicted octanol–water partition coefficient (Wildman–Crippen LogP) is 4.48. The molecule has 0 fully saturated rings. The molecule has 2 aromatic carbocycles. The quantitative estimate of drug-likeness (QED) is 0.638. The zero-order chi connectivity index (χ0) is 21.3. The molecule has 0 radical (unpaired) electrons. The Bertz CT molecular complexity index is 1110. The van der Waals surface area contributed by atoms with Crippen LogP contribution in [0.2, 0.25) is 0 Å². The van der Waals surface area contributed by atoms with Crippen molar-refractivity contribution in [3.8, 4) is 0 Å². The van der Waals surface area contributed by atoms with Gasteiger partial charge in [0.15, 0.2) is 6.61 Å². The van der Waals surface area contributed by atoms with E-state index in [9.17, 15) is 9.59 Å². The van der Waals surface area contributed by atoms with Crippen LogP contribution in [0.15, 0.2) is 36.4 Å². The van der Waals surface area contributed by atoms with Gasteiger partial charge in [0.25, 0.3) is 5.91 Å². The first kappa shape index (κ1) is 20.2. The molecule has 5 heteroatoms. The van der Waals surface area contributed by atoms with Crippen molar-refractivity contribution in [3.05, 3.63) is 69.9 Å². The van der Waals surface area contributed by atoms with E-state index in [0.717, 1.165) is 34.9 Å². The zero-order valence-electron chi connectivity index (χ0n) is 17.9. The molecule has 30 heavy (non-hydrogen) atoms. The number of carbonyl (C=O) groups excluding carboxylic acids is 2. The molecule has 1 N–H and O–H groups in total. The molecule has 1 heterocycles. The third-order valence-corrected chi connectivity index (χ3v) is 5.99. The molecule has 0 unspecified atom stereocenters. The number of nitrogens with one attached hydrogen (secondary N) is 1. The molecule has 4 rings (SSSR count). The van der Waals surface area contributed by atoms with Crippen LogP contribution in [-0.4, -0.2) is 35.4 Å². The predicted molar refractivity (Wildman–Crippen MR) is 118 cm³/mol. The minimum Gasteiger partial charge on any atom is -0.452 e. The number of carbonyl (C=O) groups is 2. The zero-order valence-corrected chi connectivity index (χ0v) is 17.9. The number of aromatic amines is 1. The van der Waals surface area contributed by atoms with Crippen molar-refractivity contribution in [1.82, 2.24) is 9.88 Å². The van der Waals surface area contributed by atoms with E-state index < -0.39 is 5.97 Å². The Balaban J connectivity index is 1.39. The number of likely N-dealkylation sites (N-methyl/N-ethyl adjacent to an activating group) is 1. The van der Waals surface area contributed by atoms with Gasteiger partial charge >= 0.3 is 5.97 Å². The van der Waals surface area contributed by atoms with E-state index >= 15 is 0 Å². The monoisotopic (exact) mass is 404 g/mol. The van der Waals surface area contributed by atoms with Crippen LogP contribution in [0, 0.1) is 13.8 Å². The summed E-state index contributed by atoms with van der Waals surface area (Å²) < 4.78 is 5.33. The minimum absolute atomic E-state index is 0.219. The number of hydrogen-bond acceptors (Lipinski definition) is 3. The van der Waals surface area contributed by atoms with E-state index in [4.69, 9.17) is 4.74 Å². The lowest BCUT2D eigenvalue weighted by molar-refractivity contribution is -0.133. The second-order valence-corrected chi connectivity index (χ2v) is 8.31. The Labute approximate surface area is 177 Å². The van der Waals surface area contributed by atoms with Gasteiger partial charge in [-0.2, -0.15) is 0 Å². The second-order valence-electron chi connectivity index (χ2n) is 8.31. The van der Waals surface area contributed by atoms with Gasteiger partial charge in [-0.1, -0.05) is 23.8 Å². The average Bonchev–Trinajstić information content (AvgIpc) is 3.11. The van der Waals surface area contributed by atoms with Gasteiger partial charge in [-0.25, -0.2) is 4.79 Å². The number of ether oxygens (including phenoxy) is 1. The maximum atomic E-state index is 12.6. The summed E-state index contributed by atoms with van der Waals surface area (Å²) in [5, 5.41) is 1.09. The number of fused-ring (bicyclic) bond motifs is 3. The van der Waals surface area contributed by atoms with Crippen LogP contribution in [0.1, 0.15) is 51.1 Å². The maximum absolute atomic E-state index is 12.6. The summed E-state index contributed by atoms with van der Waals surface area (Å²) in [6, 6.07) is 11.8. The smallest absolute Gasteiger partial charge is 0.338 e. The highest BCUT2D eigenvalue weighted by Gasteiger charge is 2.18. The number of nitrogens with zero attached hydrogens (tertiary/aromatic N) is 1. The Morgan fingerprint density at radius 1 is 1.07 bits per heavy atom. The first-order valence-corrected chi connectivity index (χ1v) is 10.5. The van der Waals surface area contributed by atoms with Crippen LogP contribution in [0.5, 0.6) is 0 Å². The molecular weight excluding hydrogens is 376 g/mol. The average molecular weight is 405 g/mol. The van der Waals surface area contributed by atoms with Crippen molar-refractivity contribution in [3.63, 3.8) is 0 Å². The normalized spacial score (nSPS) is 13.2. The lowest BCUT2D eigenvalue weighted by Crippen LogP contribution is -2.31. The molecule has 1 aliphatic carbocycles. The Hall–Kier alpha value is -3.08. The molecular formula is C25H28N2O3. The first-order valence-electron chi connectivity index (χ1n) is 10.5. The maximum Gasteiger partial charge on any atom is 0.338 e. The summed E-state index contributed by atoms with van der Waals surface area (Å²) in [6.07, 6.45) is 4.48. The summed E-state index contributed by atoms with van der Waals surface area (Å²) in [7, 11) is 1.73. The van der Waals surface area contributed by atoms with Crippen molar-refractivity contribution in [2.45, 2.75) is 46.1 Å². The fourth-order valence-corrected chi connectivity index (χ4v) is 4.22. The van der Waals surface area contributed by atoms with Gasteiger partial charge in [0.1, 0.15) is 0 Å². The van der Waals surface area contributed by atoms with Crippen molar-refractivity contribution in [1.29, 1.82) is 0 Å². The van der Waals surface area contributed by atoms with Gasteiger partial charge < -0.3 is 14.6 Å². The summed E-state index contributed by atoms with van der Waals surface area (Å²) in [4.78, 5) is 30.1. The molecule has 5 nitrogen and oxygen atoms in total. The van der Waals surface area contributed by atoms with Crippen LogP contribution in [0.4, 0.5) is 0 Å². The van der Waals surface area contributed by atoms with E-state index in [2.05, 4.69) is 11.1 Å². The highest BCUT2D eigenvalue weighted by molar-refractivity contribution is 5.97. The number of esters is 1. The van der Waals surface area contributed by atoms with Gasteiger partial charge in [-0.05, 0) is 74.4 Å². The van der Waals surface area contributed by atoms with Crippen LogP contribution >= 0.6 is 0 Å². The number of benzene rings is 2. The summed E-state index contributed by atoms with van der Waals surface area (Å²) in [5.41, 5.74) is 7.57. The third kappa shape index (κ3) is 4.11. The largest absolute Gasteiger partial charge is 0.452 e. The molecule has 1 amide bonds. The number of rotatable bonds is 5. The fraction of sp³-hybridized carbons (Fsp3) is 0.360. The Morgan fingerprint density at radius 3 is 2.67 bits per heavy atom. The molecule has 0 saturated heterocycles. The third-order valence-electron chi connectivity index (χ3n) is 5.99. The number of aromatic nitrogens is 1. The van der Waals surface area contributed by atoms with E-state index in [1.807, 2.05) is 38.1 Å². The molecule has 1 aromatic heterocycles. The highest BCUT2D eigenvalue weighted by Crippen LogP contribution is 2.29. The molecule has 156 valence electrons. The first-order chi connectivity index (χ1) is 14.4. The van der Waals surface area contributed by atoms with Crippen molar-refractivity contribution >= 4 is 22.8 Å². The molecule has 0 bridgehead atoms. The van der Waals surface area contributed by atoms with Gasteiger partial charge in [-0.3, -0.25) is 4.79 Å². The lowest BCUT2D eigenvalue weighted by atomic mass is 9.95. The summed E-state index contributed by atoms with van der Waals surface area (Å²) in [6.45, 7) is 4.32. The van der Waals surface area contributed by atoms with Gasteiger partial charge in [0.05, 0.1) is 5.56 Å². The van der Waals surface area contributed by atoms with Crippen LogP contribution < -0.4 is 0 Å².